The number of hydrogen-bond acceptors (Lipinski definition) is 7. The number of hydrogen-bond donors (Lipinski definition) is 3. The zero-order valence-corrected chi connectivity index (χ0v) is 15.5. The number of rotatable bonds is 7. The molecule has 26 heavy (non-hydrogen) atoms. The van der Waals surface area contributed by atoms with Crippen molar-refractivity contribution < 1.29 is 14.6 Å². The number of thioether (sulfide) groups is 1. The number of carbonyl (C=O) groups excluding carboxylic acids is 1. The van der Waals surface area contributed by atoms with Gasteiger partial charge in [0.1, 0.15) is 0 Å². The van der Waals surface area contributed by atoms with Gasteiger partial charge in [0.25, 0.3) is 11.5 Å². The third kappa shape index (κ3) is 4.85. The van der Waals surface area contributed by atoms with Crippen molar-refractivity contribution in [1.82, 2.24) is 15.4 Å². The maximum absolute atomic E-state index is 11.9. The summed E-state index contributed by atoms with van der Waals surface area (Å²) >= 11 is 1.11. The molecule has 0 atom stereocenters. The zero-order valence-electron chi connectivity index (χ0n) is 14.7. The summed E-state index contributed by atoms with van der Waals surface area (Å²) in [5, 5.41) is 14.1. The molecular formula is C17H20N4O4S. The van der Waals surface area contributed by atoms with Gasteiger partial charge in [-0.2, -0.15) is 5.10 Å². The molecule has 1 heterocycles. The van der Waals surface area contributed by atoms with Crippen molar-refractivity contribution in [3.63, 3.8) is 0 Å². The molecule has 1 amide bonds. The summed E-state index contributed by atoms with van der Waals surface area (Å²) in [6.07, 6.45) is 1.92. The number of phenols is 1. The maximum atomic E-state index is 11.9. The Bertz CT molecular complexity index is 880. The summed E-state index contributed by atoms with van der Waals surface area (Å²) in [6.45, 7) is 3.65. The van der Waals surface area contributed by atoms with Crippen LogP contribution in [-0.2, 0) is 11.2 Å². The lowest BCUT2D eigenvalue weighted by atomic mass is 10.2. The Labute approximate surface area is 154 Å². The molecule has 0 unspecified atom stereocenters. The van der Waals surface area contributed by atoms with E-state index in [0.717, 1.165) is 11.8 Å². The first-order valence-electron chi connectivity index (χ1n) is 7.86. The van der Waals surface area contributed by atoms with Gasteiger partial charge < -0.3 is 14.8 Å². The molecule has 0 aliphatic rings. The van der Waals surface area contributed by atoms with E-state index >= 15 is 0 Å². The molecular weight excluding hydrogens is 356 g/mol. The van der Waals surface area contributed by atoms with Crippen molar-refractivity contribution in [2.45, 2.75) is 25.4 Å². The highest BCUT2D eigenvalue weighted by Crippen LogP contribution is 2.27. The second-order valence-electron chi connectivity index (χ2n) is 5.27. The molecule has 2 aromatic rings. The molecule has 9 heteroatoms. The Morgan fingerprint density at radius 3 is 2.92 bits per heavy atom. The highest BCUT2D eigenvalue weighted by Gasteiger charge is 2.09. The highest BCUT2D eigenvalue weighted by atomic mass is 32.2. The first-order valence-corrected chi connectivity index (χ1v) is 8.85. The van der Waals surface area contributed by atoms with Crippen LogP contribution in [0.3, 0.4) is 0 Å². The number of methoxy groups -OCH3 is 1. The van der Waals surface area contributed by atoms with Crippen LogP contribution in [0.5, 0.6) is 11.5 Å². The number of hydrazone groups is 1. The minimum atomic E-state index is -0.367. The summed E-state index contributed by atoms with van der Waals surface area (Å²) < 4.78 is 5.00. The Kier molecular flexibility index (Phi) is 6.79. The summed E-state index contributed by atoms with van der Waals surface area (Å²) in [5.41, 5.74) is 3.88. The van der Waals surface area contributed by atoms with Crippen molar-refractivity contribution in [3.05, 3.63) is 45.4 Å². The third-order valence-electron chi connectivity index (χ3n) is 3.54. The monoisotopic (exact) mass is 376 g/mol. The summed E-state index contributed by atoms with van der Waals surface area (Å²) in [4.78, 5) is 30.7. The fourth-order valence-corrected chi connectivity index (χ4v) is 2.92. The van der Waals surface area contributed by atoms with E-state index in [4.69, 9.17) is 4.74 Å². The molecule has 3 N–H and O–H groups in total. The van der Waals surface area contributed by atoms with Crippen LogP contribution in [-0.4, -0.2) is 40.1 Å². The van der Waals surface area contributed by atoms with Crippen LogP contribution in [0, 0.1) is 6.92 Å². The number of nitrogens with zero attached hydrogens (tertiary/aromatic N) is 2. The van der Waals surface area contributed by atoms with Crippen molar-refractivity contribution >= 4 is 23.9 Å². The fourth-order valence-electron chi connectivity index (χ4n) is 2.22. The lowest BCUT2D eigenvalue weighted by Crippen LogP contribution is -2.21. The lowest BCUT2D eigenvalue weighted by Gasteiger charge is -2.05. The van der Waals surface area contributed by atoms with Gasteiger partial charge in [-0.3, -0.25) is 9.59 Å². The van der Waals surface area contributed by atoms with Crippen LogP contribution in [0.2, 0.25) is 0 Å². The van der Waals surface area contributed by atoms with Gasteiger partial charge in [0.15, 0.2) is 16.7 Å². The van der Waals surface area contributed by atoms with Crippen molar-refractivity contribution in [3.8, 4) is 11.5 Å². The molecule has 0 radical (unpaired) electrons. The zero-order chi connectivity index (χ0) is 19.1. The molecule has 1 aromatic heterocycles. The van der Waals surface area contributed by atoms with Crippen LogP contribution in [0.4, 0.5) is 0 Å². The van der Waals surface area contributed by atoms with Gasteiger partial charge in [0.05, 0.1) is 19.1 Å². The van der Waals surface area contributed by atoms with Crippen LogP contribution in [0.1, 0.15) is 23.7 Å². The van der Waals surface area contributed by atoms with Crippen LogP contribution < -0.4 is 15.7 Å². The number of nitrogens with one attached hydrogen (secondary N) is 2. The number of aromatic hydroxyl groups is 1. The molecule has 0 fully saturated rings. The number of aromatic amines is 1. The SMILES string of the molecule is CCc1c(C)nc(SCC(=O)N/N=C/c2cccc(OC)c2O)[nH]c1=O. The van der Waals surface area contributed by atoms with Crippen molar-refractivity contribution in [2.75, 3.05) is 12.9 Å². The van der Waals surface area contributed by atoms with Crippen LogP contribution in [0.15, 0.2) is 33.3 Å². The molecule has 138 valence electrons. The molecule has 8 nitrogen and oxygen atoms in total. The number of aryl methyl sites for hydroxylation is 1. The van der Waals surface area contributed by atoms with Gasteiger partial charge in [-0.25, -0.2) is 10.4 Å². The highest BCUT2D eigenvalue weighted by molar-refractivity contribution is 7.99. The minimum Gasteiger partial charge on any atom is -0.504 e. The second-order valence-corrected chi connectivity index (χ2v) is 6.23. The smallest absolute Gasteiger partial charge is 0.254 e. The van der Waals surface area contributed by atoms with Gasteiger partial charge in [0, 0.05) is 16.8 Å². The normalized spacial score (nSPS) is 10.9. The van der Waals surface area contributed by atoms with Gasteiger partial charge >= 0.3 is 0 Å². The first kappa shape index (κ1) is 19.5. The van der Waals surface area contributed by atoms with Gasteiger partial charge in [-0.15, -0.1) is 0 Å². The molecule has 0 saturated carbocycles. The Morgan fingerprint density at radius 1 is 1.50 bits per heavy atom. The average molecular weight is 376 g/mol. The van der Waals surface area contributed by atoms with E-state index in [0.29, 0.717) is 34.1 Å². The van der Waals surface area contributed by atoms with E-state index in [1.807, 2.05) is 6.92 Å². The molecule has 0 aliphatic heterocycles. The van der Waals surface area contributed by atoms with Crippen molar-refractivity contribution in [2.24, 2.45) is 5.10 Å². The van der Waals surface area contributed by atoms with Crippen LogP contribution >= 0.6 is 11.8 Å². The Morgan fingerprint density at radius 2 is 2.27 bits per heavy atom. The largest absolute Gasteiger partial charge is 0.504 e. The predicted molar refractivity (Wildman–Crippen MR) is 100 cm³/mol. The van der Waals surface area contributed by atoms with E-state index in [1.165, 1.54) is 13.3 Å². The van der Waals surface area contributed by atoms with Gasteiger partial charge in [0.2, 0.25) is 0 Å². The van der Waals surface area contributed by atoms with Crippen LogP contribution in [0.25, 0.3) is 0 Å². The number of aromatic nitrogens is 2. The minimum absolute atomic E-state index is 0.0370. The number of phenolic OH excluding ortho intramolecular Hbond substituents is 1. The number of H-pyrrole nitrogens is 1. The van der Waals surface area contributed by atoms with Gasteiger partial charge in [-0.05, 0) is 25.5 Å². The predicted octanol–water partition coefficient (Wildman–Crippen LogP) is 1.60. The van der Waals surface area contributed by atoms with E-state index in [2.05, 4.69) is 20.5 Å². The molecule has 0 spiro atoms. The summed E-state index contributed by atoms with van der Waals surface area (Å²) in [6, 6.07) is 4.94. The van der Waals surface area contributed by atoms with E-state index in [-0.39, 0.29) is 23.0 Å². The Hall–Kier alpha value is -2.81. The Balaban J connectivity index is 1.93. The standard InChI is InChI=1S/C17H20N4O4S/c1-4-12-10(2)19-17(20-16(12)24)26-9-14(22)21-18-8-11-6-5-7-13(25-3)15(11)23/h5-8,23H,4,9H2,1-3H3,(H,21,22)(H,19,20,24)/b18-8+. The molecule has 1 aromatic carbocycles. The molecule has 0 saturated heterocycles. The fraction of sp³-hybridized carbons (Fsp3) is 0.294. The topological polar surface area (TPSA) is 117 Å². The third-order valence-corrected chi connectivity index (χ3v) is 4.41. The summed E-state index contributed by atoms with van der Waals surface area (Å²) in [7, 11) is 1.45. The van der Waals surface area contributed by atoms with Gasteiger partial charge in [-0.1, -0.05) is 24.8 Å². The first-order chi connectivity index (χ1) is 12.5. The molecule has 2 rings (SSSR count). The maximum Gasteiger partial charge on any atom is 0.254 e. The quantitative estimate of drug-likeness (QED) is 0.292. The number of ether oxygens (including phenoxy) is 1. The number of carbonyl (C=O) groups is 1. The average Bonchev–Trinajstić information content (AvgIpc) is 2.61. The number of benzene rings is 1. The molecule has 0 aliphatic carbocycles. The van der Waals surface area contributed by atoms with E-state index < -0.39 is 0 Å². The van der Waals surface area contributed by atoms with Crippen molar-refractivity contribution in [1.29, 1.82) is 0 Å². The van der Waals surface area contributed by atoms with E-state index in [1.54, 1.807) is 25.1 Å². The lowest BCUT2D eigenvalue weighted by molar-refractivity contribution is -0.118. The second kappa shape index (κ2) is 9.04. The summed E-state index contributed by atoms with van der Waals surface area (Å²) in [5.74, 6) is -0.0733. The number of amides is 1. The number of para-hydroxylation sites is 1. The molecule has 0 bridgehead atoms. The van der Waals surface area contributed by atoms with E-state index in [9.17, 15) is 14.7 Å².